The van der Waals surface area contributed by atoms with Crippen LogP contribution in [0.1, 0.15) is 34.8 Å². The Morgan fingerprint density at radius 2 is 1.81 bits per heavy atom. The molecule has 0 unspecified atom stereocenters. The largest absolute Gasteiger partial charge is 0.493 e. The Bertz CT molecular complexity index is 1250. The number of nitrogens with zero attached hydrogens (tertiary/aromatic N) is 1. The van der Waals surface area contributed by atoms with Crippen molar-refractivity contribution in [1.29, 1.82) is 0 Å². The molecule has 0 atom stereocenters. The zero-order valence-corrected chi connectivity index (χ0v) is 21.1. The Labute approximate surface area is 215 Å². The van der Waals surface area contributed by atoms with Crippen LogP contribution in [0.5, 0.6) is 17.2 Å². The molecule has 0 bridgehead atoms. The highest BCUT2D eigenvalue weighted by Crippen LogP contribution is 2.28. The van der Waals surface area contributed by atoms with Crippen molar-refractivity contribution in [3.05, 3.63) is 82.4 Å². The SMILES string of the molecule is CCCOc1ccc(C(=O)N/N=C/c2ccccc2OCC(=O)Nc2ccc(C)c(Cl)c2)cc1OC. The van der Waals surface area contributed by atoms with Gasteiger partial charge in [0, 0.05) is 21.8 Å². The lowest BCUT2D eigenvalue weighted by Crippen LogP contribution is -2.20. The van der Waals surface area contributed by atoms with E-state index in [0.717, 1.165) is 12.0 Å². The number of para-hydroxylation sites is 1. The van der Waals surface area contributed by atoms with E-state index in [1.54, 1.807) is 54.6 Å². The Kier molecular flexibility index (Phi) is 9.71. The fourth-order valence-corrected chi connectivity index (χ4v) is 3.28. The Balaban J connectivity index is 1.59. The van der Waals surface area contributed by atoms with Gasteiger partial charge in [0.2, 0.25) is 0 Å². The summed E-state index contributed by atoms with van der Waals surface area (Å²) in [6, 6.07) is 17.2. The molecule has 3 rings (SSSR count). The number of halogens is 1. The van der Waals surface area contributed by atoms with Crippen molar-refractivity contribution in [2.75, 3.05) is 25.6 Å². The maximum absolute atomic E-state index is 12.5. The first kappa shape index (κ1) is 26.6. The summed E-state index contributed by atoms with van der Waals surface area (Å²) in [4.78, 5) is 24.8. The van der Waals surface area contributed by atoms with Crippen molar-refractivity contribution in [3.63, 3.8) is 0 Å². The van der Waals surface area contributed by atoms with E-state index in [1.807, 2.05) is 19.9 Å². The van der Waals surface area contributed by atoms with Crippen molar-refractivity contribution in [1.82, 2.24) is 5.43 Å². The molecule has 36 heavy (non-hydrogen) atoms. The first-order valence-corrected chi connectivity index (χ1v) is 11.7. The van der Waals surface area contributed by atoms with Crippen molar-refractivity contribution < 1.29 is 23.8 Å². The summed E-state index contributed by atoms with van der Waals surface area (Å²) in [7, 11) is 1.51. The van der Waals surface area contributed by atoms with E-state index in [1.165, 1.54) is 13.3 Å². The maximum Gasteiger partial charge on any atom is 0.271 e. The van der Waals surface area contributed by atoms with Crippen LogP contribution in [-0.2, 0) is 4.79 Å². The average molecular weight is 510 g/mol. The van der Waals surface area contributed by atoms with Crippen LogP contribution >= 0.6 is 11.6 Å². The molecular formula is C27H28ClN3O5. The summed E-state index contributed by atoms with van der Waals surface area (Å²) in [5.74, 6) is 0.716. The van der Waals surface area contributed by atoms with Gasteiger partial charge in [-0.1, -0.05) is 36.7 Å². The molecule has 2 amide bonds. The number of carbonyl (C=O) groups is 2. The summed E-state index contributed by atoms with van der Waals surface area (Å²) in [6.45, 7) is 4.23. The van der Waals surface area contributed by atoms with Crippen molar-refractivity contribution in [2.45, 2.75) is 20.3 Å². The zero-order valence-electron chi connectivity index (χ0n) is 20.3. The third-order valence-electron chi connectivity index (χ3n) is 4.99. The number of anilines is 1. The minimum Gasteiger partial charge on any atom is -0.493 e. The lowest BCUT2D eigenvalue weighted by molar-refractivity contribution is -0.118. The molecule has 2 N–H and O–H groups in total. The van der Waals surface area contributed by atoms with E-state index in [-0.39, 0.29) is 12.5 Å². The summed E-state index contributed by atoms with van der Waals surface area (Å²) in [5, 5.41) is 7.34. The van der Waals surface area contributed by atoms with E-state index in [2.05, 4.69) is 15.8 Å². The smallest absolute Gasteiger partial charge is 0.271 e. The minimum absolute atomic E-state index is 0.213. The van der Waals surface area contributed by atoms with Crippen LogP contribution in [0.3, 0.4) is 0 Å². The highest BCUT2D eigenvalue weighted by Gasteiger charge is 2.11. The molecule has 0 saturated heterocycles. The number of aryl methyl sites for hydroxylation is 1. The minimum atomic E-state index is -0.416. The molecule has 188 valence electrons. The molecule has 9 heteroatoms. The van der Waals surface area contributed by atoms with Crippen molar-refractivity contribution >= 4 is 35.3 Å². The first-order chi connectivity index (χ1) is 17.4. The lowest BCUT2D eigenvalue weighted by atomic mass is 10.2. The lowest BCUT2D eigenvalue weighted by Gasteiger charge is -2.11. The van der Waals surface area contributed by atoms with Crippen LogP contribution in [0, 0.1) is 6.92 Å². The molecule has 0 fully saturated rings. The standard InChI is InChI=1S/C27H28ClN3O5/c1-4-13-35-24-12-10-19(14-25(24)34-3)27(33)31-29-16-20-7-5-6-8-23(20)36-17-26(32)30-21-11-9-18(2)22(28)15-21/h5-12,14-16H,4,13,17H2,1-3H3,(H,30,32)(H,31,33)/b29-16+. The Hall–Kier alpha value is -4.04. The molecule has 0 aliphatic rings. The first-order valence-electron chi connectivity index (χ1n) is 11.3. The van der Waals surface area contributed by atoms with Crippen LogP contribution in [0.25, 0.3) is 0 Å². The number of ether oxygens (including phenoxy) is 3. The van der Waals surface area contributed by atoms with E-state index < -0.39 is 5.91 Å². The molecule has 0 aliphatic carbocycles. The van der Waals surface area contributed by atoms with Gasteiger partial charge < -0.3 is 19.5 Å². The molecular weight excluding hydrogens is 482 g/mol. The fourth-order valence-electron chi connectivity index (χ4n) is 3.09. The molecule has 0 radical (unpaired) electrons. The van der Waals surface area contributed by atoms with E-state index in [0.29, 0.717) is 45.7 Å². The van der Waals surface area contributed by atoms with Gasteiger partial charge in [0.15, 0.2) is 18.1 Å². The maximum atomic E-state index is 12.5. The Morgan fingerprint density at radius 1 is 1.00 bits per heavy atom. The predicted octanol–water partition coefficient (Wildman–Crippen LogP) is 5.23. The van der Waals surface area contributed by atoms with Crippen LogP contribution in [0.4, 0.5) is 5.69 Å². The van der Waals surface area contributed by atoms with Gasteiger partial charge in [-0.25, -0.2) is 5.43 Å². The summed E-state index contributed by atoms with van der Waals surface area (Å²) >= 11 is 6.10. The number of methoxy groups -OCH3 is 1. The third kappa shape index (κ3) is 7.48. The van der Waals surface area contributed by atoms with Crippen LogP contribution in [0.15, 0.2) is 65.8 Å². The monoisotopic (exact) mass is 509 g/mol. The summed E-state index contributed by atoms with van der Waals surface area (Å²) in [5.41, 5.74) is 4.94. The van der Waals surface area contributed by atoms with Gasteiger partial charge in [0.05, 0.1) is 19.9 Å². The average Bonchev–Trinajstić information content (AvgIpc) is 2.88. The van der Waals surface area contributed by atoms with E-state index >= 15 is 0 Å². The number of hydrogen-bond acceptors (Lipinski definition) is 6. The van der Waals surface area contributed by atoms with Crippen LogP contribution in [0.2, 0.25) is 5.02 Å². The van der Waals surface area contributed by atoms with Crippen molar-refractivity contribution in [3.8, 4) is 17.2 Å². The molecule has 0 aliphatic heterocycles. The van der Waals surface area contributed by atoms with Gasteiger partial charge in [-0.15, -0.1) is 0 Å². The van der Waals surface area contributed by atoms with Gasteiger partial charge in [0.1, 0.15) is 5.75 Å². The van der Waals surface area contributed by atoms with Crippen molar-refractivity contribution in [2.24, 2.45) is 5.10 Å². The second-order valence-corrected chi connectivity index (χ2v) is 8.16. The highest BCUT2D eigenvalue weighted by atomic mass is 35.5. The van der Waals surface area contributed by atoms with Gasteiger partial charge in [-0.05, 0) is 61.4 Å². The number of hydrazone groups is 1. The zero-order chi connectivity index (χ0) is 25.9. The highest BCUT2D eigenvalue weighted by molar-refractivity contribution is 6.31. The second kappa shape index (κ2) is 13.2. The number of carbonyl (C=O) groups excluding carboxylic acids is 2. The van der Waals surface area contributed by atoms with Gasteiger partial charge in [-0.2, -0.15) is 5.10 Å². The summed E-state index contributed by atoms with van der Waals surface area (Å²) < 4.78 is 16.6. The predicted molar refractivity (Wildman–Crippen MR) is 141 cm³/mol. The van der Waals surface area contributed by atoms with Crippen LogP contribution in [-0.4, -0.2) is 38.4 Å². The van der Waals surface area contributed by atoms with E-state index in [4.69, 9.17) is 25.8 Å². The second-order valence-electron chi connectivity index (χ2n) is 7.75. The summed E-state index contributed by atoms with van der Waals surface area (Å²) in [6.07, 6.45) is 2.30. The van der Waals surface area contributed by atoms with E-state index in [9.17, 15) is 9.59 Å². The van der Waals surface area contributed by atoms with Crippen LogP contribution < -0.4 is 25.0 Å². The quantitative estimate of drug-likeness (QED) is 0.272. The molecule has 0 saturated carbocycles. The number of amides is 2. The van der Waals surface area contributed by atoms with Gasteiger partial charge in [-0.3, -0.25) is 9.59 Å². The number of nitrogens with one attached hydrogen (secondary N) is 2. The van der Waals surface area contributed by atoms with Gasteiger partial charge >= 0.3 is 0 Å². The number of benzene rings is 3. The van der Waals surface area contributed by atoms with Gasteiger partial charge in [0.25, 0.3) is 11.8 Å². The molecule has 0 heterocycles. The number of hydrogen-bond donors (Lipinski definition) is 2. The third-order valence-corrected chi connectivity index (χ3v) is 5.40. The topological polar surface area (TPSA) is 98.3 Å². The molecule has 0 spiro atoms. The molecule has 3 aromatic carbocycles. The molecule has 3 aromatic rings. The molecule has 0 aromatic heterocycles. The molecule has 8 nitrogen and oxygen atoms in total. The normalized spacial score (nSPS) is 10.7. The Morgan fingerprint density at radius 3 is 2.56 bits per heavy atom. The fraction of sp³-hybridized carbons (Fsp3) is 0.222. The number of rotatable bonds is 11.